The Kier molecular flexibility index (Phi) is 7.93. The van der Waals surface area contributed by atoms with Gasteiger partial charge in [0.15, 0.2) is 5.78 Å². The number of carbonyl (C=O) groups excluding carboxylic acids is 1. The molecule has 0 aliphatic heterocycles. The van der Waals surface area contributed by atoms with Crippen molar-refractivity contribution in [1.82, 2.24) is 0 Å². The number of alkyl halides is 15. The number of hydrogen-bond donors (Lipinski definition) is 0. The third-order valence-corrected chi connectivity index (χ3v) is 5.28. The van der Waals surface area contributed by atoms with Crippen LogP contribution in [0.5, 0.6) is 0 Å². The molecule has 0 aliphatic rings. The number of rotatable bonds is 10. The fourth-order valence-electron chi connectivity index (χ4n) is 3.06. The van der Waals surface area contributed by atoms with E-state index in [0.29, 0.717) is 14.0 Å². The van der Waals surface area contributed by atoms with E-state index in [1.54, 1.807) is 0 Å². The molecule has 0 amide bonds. The minimum atomic E-state index is -8.37. The van der Waals surface area contributed by atoms with Crippen LogP contribution < -0.4 is 0 Å². The van der Waals surface area contributed by atoms with Gasteiger partial charge >= 0.3 is 41.7 Å². The van der Waals surface area contributed by atoms with Gasteiger partial charge in [0, 0.05) is 12.7 Å². The normalized spacial score (nSPS) is 16.6. The summed E-state index contributed by atoms with van der Waals surface area (Å²) >= 11 is 0. The fraction of sp³-hybridized carbons (Fsp3) is 0.632. The summed E-state index contributed by atoms with van der Waals surface area (Å²) in [7, 11) is 0.524. The molecule has 0 spiro atoms. The van der Waals surface area contributed by atoms with Crippen LogP contribution in [0.3, 0.4) is 0 Å². The first-order chi connectivity index (χ1) is 15.7. The zero-order valence-electron chi connectivity index (χ0n) is 18.0. The summed E-state index contributed by atoms with van der Waals surface area (Å²) in [6.07, 6.45) is -10.4. The van der Waals surface area contributed by atoms with Gasteiger partial charge in [-0.3, -0.25) is 4.79 Å². The second-order valence-electron chi connectivity index (χ2n) is 7.79. The summed E-state index contributed by atoms with van der Waals surface area (Å²) in [5.74, 6) is -48.0. The Hall–Kier alpha value is -2.20. The highest BCUT2D eigenvalue weighted by Crippen LogP contribution is 2.63. The standard InChI is InChI=1S/C19H15F15O2/c1-9(35)10-6-4-5-7-11(10)12(2,36-3)8-13(20,21)14(22,23)15(24,25)16(26,27)17(28,29)18(30,31)19(32,33)34/h4-7H,8H2,1-3H3. The summed E-state index contributed by atoms with van der Waals surface area (Å²) in [4.78, 5) is 11.7. The molecule has 0 aromatic heterocycles. The maximum Gasteiger partial charge on any atom is 0.460 e. The van der Waals surface area contributed by atoms with Gasteiger partial charge in [-0.05, 0) is 19.4 Å². The van der Waals surface area contributed by atoms with Crippen LogP contribution in [0, 0.1) is 0 Å². The predicted octanol–water partition coefficient (Wildman–Crippen LogP) is 7.52. The molecule has 1 atom stereocenters. The molecule has 0 fully saturated rings. The number of benzene rings is 1. The lowest BCUT2D eigenvalue weighted by molar-refractivity contribution is -0.453. The number of halogens is 15. The average Bonchev–Trinajstić information content (AvgIpc) is 2.71. The van der Waals surface area contributed by atoms with Crippen molar-refractivity contribution in [3.05, 3.63) is 35.4 Å². The maximum absolute atomic E-state index is 14.5. The molecule has 0 radical (unpaired) electrons. The summed E-state index contributed by atoms with van der Waals surface area (Å²) in [6.45, 7) is 1.33. The van der Waals surface area contributed by atoms with Gasteiger partial charge in [-0.1, -0.05) is 24.3 Å². The highest BCUT2D eigenvalue weighted by atomic mass is 19.4. The van der Waals surface area contributed by atoms with E-state index in [1.165, 1.54) is 0 Å². The lowest BCUT2D eigenvalue weighted by Gasteiger charge is -2.43. The number of methoxy groups -OCH3 is 1. The molecule has 0 N–H and O–H groups in total. The fourth-order valence-corrected chi connectivity index (χ4v) is 3.06. The van der Waals surface area contributed by atoms with E-state index >= 15 is 0 Å². The van der Waals surface area contributed by atoms with Crippen molar-refractivity contribution in [3.8, 4) is 0 Å². The van der Waals surface area contributed by atoms with Crippen LogP contribution in [0.2, 0.25) is 0 Å². The average molecular weight is 560 g/mol. The predicted molar refractivity (Wildman–Crippen MR) is 91.2 cm³/mol. The topological polar surface area (TPSA) is 26.3 Å². The first-order valence-corrected chi connectivity index (χ1v) is 9.19. The van der Waals surface area contributed by atoms with Crippen LogP contribution in [0.4, 0.5) is 65.9 Å². The van der Waals surface area contributed by atoms with Gasteiger partial charge in [-0.15, -0.1) is 0 Å². The molecule has 1 aromatic carbocycles. The lowest BCUT2D eigenvalue weighted by Crippen LogP contribution is -2.72. The van der Waals surface area contributed by atoms with E-state index in [2.05, 4.69) is 4.74 Å². The molecule has 208 valence electrons. The Morgan fingerprint density at radius 3 is 1.47 bits per heavy atom. The number of Topliss-reactive ketones (excluding diaryl/α,β-unsaturated/α-hetero) is 1. The highest BCUT2D eigenvalue weighted by Gasteiger charge is 2.93. The van der Waals surface area contributed by atoms with E-state index in [9.17, 15) is 70.7 Å². The van der Waals surface area contributed by atoms with Gasteiger partial charge in [-0.25, -0.2) is 0 Å². The third-order valence-electron chi connectivity index (χ3n) is 5.28. The number of hydrogen-bond acceptors (Lipinski definition) is 2. The van der Waals surface area contributed by atoms with Gasteiger partial charge in [-0.2, -0.15) is 65.9 Å². The Morgan fingerprint density at radius 1 is 0.694 bits per heavy atom. The zero-order chi connectivity index (χ0) is 29.0. The van der Waals surface area contributed by atoms with Crippen LogP contribution in [0.25, 0.3) is 0 Å². The van der Waals surface area contributed by atoms with Crippen molar-refractivity contribution in [2.75, 3.05) is 7.11 Å². The Bertz CT molecular complexity index is 968. The van der Waals surface area contributed by atoms with Crippen LogP contribution in [0.1, 0.15) is 36.2 Å². The Balaban J connectivity index is 3.68. The Labute approximate surface area is 192 Å². The van der Waals surface area contributed by atoms with E-state index in [-0.39, 0.29) is 0 Å². The molecule has 1 unspecified atom stereocenters. The van der Waals surface area contributed by atoms with Gasteiger partial charge in [0.05, 0.1) is 12.0 Å². The lowest BCUT2D eigenvalue weighted by atomic mass is 9.81. The molecule has 0 bridgehead atoms. The number of carbonyl (C=O) groups is 1. The van der Waals surface area contributed by atoms with E-state index in [0.717, 1.165) is 31.2 Å². The number of ether oxygens (including phenoxy) is 1. The minimum Gasteiger partial charge on any atom is -0.374 e. The Morgan fingerprint density at radius 2 is 1.08 bits per heavy atom. The quantitative estimate of drug-likeness (QED) is 0.219. The van der Waals surface area contributed by atoms with Crippen LogP contribution >= 0.6 is 0 Å². The molecule has 0 saturated carbocycles. The van der Waals surface area contributed by atoms with Crippen molar-refractivity contribution in [2.24, 2.45) is 0 Å². The van der Waals surface area contributed by atoms with Crippen molar-refractivity contribution in [1.29, 1.82) is 0 Å². The molecule has 0 aliphatic carbocycles. The van der Waals surface area contributed by atoms with Gasteiger partial charge in [0.25, 0.3) is 0 Å². The smallest absolute Gasteiger partial charge is 0.374 e. The maximum atomic E-state index is 14.5. The molecule has 2 nitrogen and oxygen atoms in total. The molecule has 1 aromatic rings. The largest absolute Gasteiger partial charge is 0.460 e. The summed E-state index contributed by atoms with van der Waals surface area (Å²) in [6, 6.07) is 3.91. The first-order valence-electron chi connectivity index (χ1n) is 9.19. The first kappa shape index (κ1) is 31.8. The minimum absolute atomic E-state index is 0.488. The van der Waals surface area contributed by atoms with Gasteiger partial charge in [0.2, 0.25) is 0 Å². The third kappa shape index (κ3) is 4.51. The number of ketones is 1. The molecular weight excluding hydrogens is 545 g/mol. The molecule has 1 rings (SSSR count). The van der Waals surface area contributed by atoms with E-state index in [1.807, 2.05) is 0 Å². The summed E-state index contributed by atoms with van der Waals surface area (Å²) in [5.41, 5.74) is -4.09. The van der Waals surface area contributed by atoms with E-state index in [4.69, 9.17) is 0 Å². The summed E-state index contributed by atoms with van der Waals surface area (Å²) < 4.78 is 206. The van der Waals surface area contributed by atoms with Crippen molar-refractivity contribution in [2.45, 2.75) is 67.6 Å². The SMILES string of the molecule is COC(C)(CC(F)(F)C(F)(F)C(F)(F)C(F)(F)C(F)(F)C(F)(F)C(F)(F)F)c1ccccc1C(C)=O. The zero-order valence-corrected chi connectivity index (χ0v) is 18.0. The molecular formula is C19H15F15O2. The van der Waals surface area contributed by atoms with Gasteiger partial charge < -0.3 is 4.74 Å². The van der Waals surface area contributed by atoms with Gasteiger partial charge in [0.1, 0.15) is 0 Å². The van der Waals surface area contributed by atoms with Crippen molar-refractivity contribution < 1.29 is 75.4 Å². The second-order valence-corrected chi connectivity index (χ2v) is 7.79. The second kappa shape index (κ2) is 8.97. The molecule has 0 heterocycles. The van der Waals surface area contributed by atoms with Crippen LogP contribution in [-0.4, -0.2) is 54.6 Å². The highest BCUT2D eigenvalue weighted by molar-refractivity contribution is 5.95. The monoisotopic (exact) mass is 560 g/mol. The van der Waals surface area contributed by atoms with Crippen molar-refractivity contribution >= 4 is 5.78 Å². The molecule has 0 saturated heterocycles. The van der Waals surface area contributed by atoms with Crippen LogP contribution in [0.15, 0.2) is 24.3 Å². The summed E-state index contributed by atoms with van der Waals surface area (Å²) in [5, 5.41) is 0. The molecule has 36 heavy (non-hydrogen) atoms. The molecule has 17 heteroatoms. The van der Waals surface area contributed by atoms with Crippen molar-refractivity contribution in [3.63, 3.8) is 0 Å². The van der Waals surface area contributed by atoms with Crippen LogP contribution in [-0.2, 0) is 10.3 Å². The van der Waals surface area contributed by atoms with E-state index < -0.39 is 70.6 Å².